The van der Waals surface area contributed by atoms with Gasteiger partial charge in [0, 0.05) is 14.1 Å². The molecule has 1 aromatic rings. The highest BCUT2D eigenvalue weighted by Gasteiger charge is 2.31. The van der Waals surface area contributed by atoms with Gasteiger partial charge in [-0.2, -0.15) is 0 Å². The summed E-state index contributed by atoms with van der Waals surface area (Å²) in [7, 11) is -1.75. The minimum absolute atomic E-state index is 0.0260. The first kappa shape index (κ1) is 20.6. The summed E-state index contributed by atoms with van der Waals surface area (Å²) in [5, 5.41) is 4.01. The number of sulfonamides is 1. The minimum atomic E-state index is -4.03. The topological polar surface area (TPSA) is 96.3 Å². The third-order valence-corrected chi connectivity index (χ3v) is 7.16. The average Bonchev–Trinajstić information content (AvgIpc) is 2.57. The third kappa shape index (κ3) is 5.03. The minimum Gasteiger partial charge on any atom is -0.296 e. The second-order valence-corrected chi connectivity index (χ2v) is 9.38. The van der Waals surface area contributed by atoms with Crippen LogP contribution in [-0.2, 0) is 26.0 Å². The highest BCUT2D eigenvalue weighted by atomic mass is 32.3. The number of hydrogen-bond donors (Lipinski definition) is 0. The van der Waals surface area contributed by atoms with Crippen molar-refractivity contribution < 1.29 is 22.3 Å². The second-order valence-electron chi connectivity index (χ2n) is 4.63. The molecule has 0 heterocycles. The first-order valence-electron chi connectivity index (χ1n) is 6.62. The summed E-state index contributed by atoms with van der Waals surface area (Å²) in [5.41, 5.74) is 0.889. The Bertz CT molecular complexity index is 747. The number of amides is 1. The van der Waals surface area contributed by atoms with Gasteiger partial charge in [-0.15, -0.1) is 11.8 Å². The number of oxime groups is 1. The van der Waals surface area contributed by atoms with Crippen LogP contribution in [0.15, 0.2) is 34.3 Å². The molecule has 0 radical (unpaired) electrons. The van der Waals surface area contributed by atoms with E-state index in [2.05, 4.69) is 9.99 Å². The van der Waals surface area contributed by atoms with Gasteiger partial charge in [-0.1, -0.05) is 26.6 Å². The Hall–Kier alpha value is -1.43. The molecule has 11 heteroatoms. The van der Waals surface area contributed by atoms with E-state index in [9.17, 15) is 17.4 Å². The monoisotopic (exact) mass is 393 g/mol. The number of rotatable bonds is 5. The molecule has 8 nitrogen and oxygen atoms in total. The molecule has 1 amide bonds. The Labute approximate surface area is 148 Å². The summed E-state index contributed by atoms with van der Waals surface area (Å²) in [5.74, 6) is 0. The first-order valence-corrected chi connectivity index (χ1v) is 10.3. The SMILES string of the molecule is CSC(C)=NOC(=O)N(C)S(=O)N(C)S(=O)(=O)c1ccc(C)cc1. The molecule has 1 unspecified atom stereocenters. The van der Waals surface area contributed by atoms with Crippen molar-refractivity contribution in [1.29, 1.82) is 0 Å². The second kappa shape index (κ2) is 8.60. The lowest BCUT2D eigenvalue weighted by molar-refractivity contribution is 0.135. The molecule has 0 bridgehead atoms. The standard InChI is InChI=1S/C13H19N3O5S3/c1-10-6-8-12(9-7-10)24(19,20)16(4)23(18)15(3)13(17)21-14-11(2)22-5/h6-9H,1-5H3. The van der Waals surface area contributed by atoms with Crippen molar-refractivity contribution in [2.45, 2.75) is 18.7 Å². The molecule has 134 valence electrons. The number of carbonyl (C=O) groups is 1. The molecule has 1 aromatic carbocycles. The van der Waals surface area contributed by atoms with Crippen molar-refractivity contribution in [1.82, 2.24) is 8.02 Å². The van der Waals surface area contributed by atoms with E-state index >= 15 is 0 Å². The van der Waals surface area contributed by atoms with Gasteiger partial charge in [-0.3, -0.25) is 4.84 Å². The Kier molecular flexibility index (Phi) is 7.39. The van der Waals surface area contributed by atoms with Crippen molar-refractivity contribution >= 4 is 44.1 Å². The Morgan fingerprint density at radius 1 is 1.25 bits per heavy atom. The van der Waals surface area contributed by atoms with E-state index in [1.165, 1.54) is 23.9 Å². The van der Waals surface area contributed by atoms with E-state index in [4.69, 9.17) is 0 Å². The predicted molar refractivity (Wildman–Crippen MR) is 95.1 cm³/mol. The summed E-state index contributed by atoms with van der Waals surface area (Å²) in [4.78, 5) is 16.4. The maximum Gasteiger partial charge on any atom is 0.448 e. The van der Waals surface area contributed by atoms with Gasteiger partial charge in [0.2, 0.25) is 11.2 Å². The first-order chi connectivity index (χ1) is 11.1. The van der Waals surface area contributed by atoms with Crippen LogP contribution in [0.4, 0.5) is 4.79 Å². The molecule has 0 saturated carbocycles. The fourth-order valence-electron chi connectivity index (χ4n) is 1.38. The number of thioether (sulfide) groups is 1. The normalized spacial score (nSPS) is 13.7. The molecule has 1 atom stereocenters. The van der Waals surface area contributed by atoms with Gasteiger partial charge in [-0.25, -0.2) is 21.7 Å². The van der Waals surface area contributed by atoms with Gasteiger partial charge in [-0.05, 0) is 32.2 Å². The number of benzene rings is 1. The maximum absolute atomic E-state index is 12.4. The van der Waals surface area contributed by atoms with E-state index < -0.39 is 27.3 Å². The van der Waals surface area contributed by atoms with E-state index in [-0.39, 0.29) is 4.90 Å². The van der Waals surface area contributed by atoms with Crippen molar-refractivity contribution in [2.24, 2.45) is 5.16 Å². The highest BCUT2D eigenvalue weighted by molar-refractivity contribution is 8.13. The molecule has 0 spiro atoms. The fourth-order valence-corrected chi connectivity index (χ4v) is 4.00. The molecular formula is C13H19N3O5S3. The maximum atomic E-state index is 12.4. The molecule has 0 aromatic heterocycles. The summed E-state index contributed by atoms with van der Waals surface area (Å²) >= 11 is -1.04. The molecule has 0 aliphatic heterocycles. The lowest BCUT2D eigenvalue weighted by atomic mass is 10.2. The lowest BCUT2D eigenvalue weighted by Gasteiger charge is -2.21. The van der Waals surface area contributed by atoms with E-state index in [1.807, 2.05) is 6.92 Å². The quantitative estimate of drug-likeness (QED) is 0.328. The summed E-state index contributed by atoms with van der Waals surface area (Å²) in [6.07, 6.45) is 0.712. The van der Waals surface area contributed by atoms with Gasteiger partial charge >= 0.3 is 6.09 Å². The van der Waals surface area contributed by atoms with Crippen molar-refractivity contribution in [3.8, 4) is 0 Å². The van der Waals surface area contributed by atoms with Crippen LogP contribution in [0.5, 0.6) is 0 Å². The molecule has 0 saturated heterocycles. The fraction of sp³-hybridized carbons (Fsp3) is 0.385. The molecule has 0 fully saturated rings. The van der Waals surface area contributed by atoms with Gasteiger partial charge in [0.05, 0.1) is 4.90 Å². The largest absolute Gasteiger partial charge is 0.448 e. The smallest absolute Gasteiger partial charge is 0.296 e. The van der Waals surface area contributed by atoms with E-state index in [0.29, 0.717) is 13.1 Å². The van der Waals surface area contributed by atoms with Gasteiger partial charge in [0.25, 0.3) is 10.0 Å². The zero-order valence-corrected chi connectivity index (χ0v) is 16.4. The Morgan fingerprint density at radius 2 is 1.79 bits per heavy atom. The van der Waals surface area contributed by atoms with Crippen LogP contribution in [0.25, 0.3) is 0 Å². The summed E-state index contributed by atoms with van der Waals surface area (Å²) < 4.78 is 38.4. The van der Waals surface area contributed by atoms with Crippen molar-refractivity contribution in [2.75, 3.05) is 20.4 Å². The predicted octanol–water partition coefficient (Wildman–Crippen LogP) is 1.96. The van der Waals surface area contributed by atoms with Crippen LogP contribution in [0, 0.1) is 6.92 Å². The Morgan fingerprint density at radius 3 is 2.29 bits per heavy atom. The third-order valence-electron chi connectivity index (χ3n) is 2.92. The van der Waals surface area contributed by atoms with Crippen LogP contribution in [0.1, 0.15) is 12.5 Å². The van der Waals surface area contributed by atoms with Gasteiger partial charge < -0.3 is 0 Å². The summed E-state index contributed by atoms with van der Waals surface area (Å²) in [6.45, 7) is 3.45. The van der Waals surface area contributed by atoms with Crippen molar-refractivity contribution in [3.05, 3.63) is 29.8 Å². The van der Waals surface area contributed by atoms with E-state index in [1.54, 1.807) is 25.3 Å². The van der Waals surface area contributed by atoms with Crippen LogP contribution < -0.4 is 0 Å². The van der Waals surface area contributed by atoms with Crippen LogP contribution in [0.3, 0.4) is 0 Å². The zero-order chi connectivity index (χ0) is 18.5. The molecule has 24 heavy (non-hydrogen) atoms. The van der Waals surface area contributed by atoms with E-state index in [0.717, 1.165) is 19.7 Å². The molecule has 0 aliphatic carbocycles. The Balaban J connectivity index is 2.93. The van der Waals surface area contributed by atoms with Crippen molar-refractivity contribution in [3.63, 3.8) is 0 Å². The molecular weight excluding hydrogens is 374 g/mol. The highest BCUT2D eigenvalue weighted by Crippen LogP contribution is 2.17. The van der Waals surface area contributed by atoms with Gasteiger partial charge in [0.15, 0.2) is 0 Å². The lowest BCUT2D eigenvalue weighted by Crippen LogP contribution is -2.40. The number of aryl methyl sites for hydroxylation is 1. The van der Waals surface area contributed by atoms with Crippen LogP contribution >= 0.6 is 11.8 Å². The molecule has 1 rings (SSSR count). The number of nitrogens with zero attached hydrogens (tertiary/aromatic N) is 3. The van der Waals surface area contributed by atoms with Crippen LogP contribution in [0.2, 0.25) is 0 Å². The summed E-state index contributed by atoms with van der Waals surface area (Å²) in [6, 6.07) is 6.06. The molecule has 0 aliphatic rings. The van der Waals surface area contributed by atoms with Gasteiger partial charge in [0.1, 0.15) is 5.04 Å². The number of carbonyl (C=O) groups excluding carboxylic acids is 1. The molecule has 0 N–H and O–H groups in total. The number of hydrogen-bond acceptors (Lipinski definition) is 7. The zero-order valence-electron chi connectivity index (χ0n) is 13.9. The van der Waals surface area contributed by atoms with Crippen LogP contribution in [-0.4, -0.2) is 52.1 Å². The average molecular weight is 394 g/mol.